The second-order valence-corrected chi connectivity index (χ2v) is 6.66. The summed E-state index contributed by atoms with van der Waals surface area (Å²) in [5, 5.41) is 0. The van der Waals surface area contributed by atoms with Crippen LogP contribution in [0, 0.1) is 17.2 Å². The standard InChI is InChI=1S/C18H21FO2/c19-15-6-1-5-14(11-15)16(20)10-13-4-2-8-18(12-13)9-3-7-17(18)21/h1,5-6,11,13H,2-4,7-10,12H2/t13-,18+/m1/s1. The maximum Gasteiger partial charge on any atom is 0.163 e. The van der Waals surface area contributed by atoms with Crippen LogP contribution in [0.15, 0.2) is 24.3 Å². The third kappa shape index (κ3) is 2.92. The molecule has 3 rings (SSSR count). The first-order valence-electron chi connectivity index (χ1n) is 7.91. The molecule has 1 aromatic carbocycles. The van der Waals surface area contributed by atoms with Gasteiger partial charge in [-0.25, -0.2) is 4.39 Å². The molecule has 3 heteroatoms. The van der Waals surface area contributed by atoms with E-state index >= 15 is 0 Å². The molecular formula is C18H21FO2. The molecule has 0 bridgehead atoms. The van der Waals surface area contributed by atoms with E-state index in [0.29, 0.717) is 24.2 Å². The van der Waals surface area contributed by atoms with Crippen molar-refractivity contribution in [2.75, 3.05) is 0 Å². The van der Waals surface area contributed by atoms with Crippen LogP contribution in [0.3, 0.4) is 0 Å². The molecule has 2 saturated carbocycles. The molecular weight excluding hydrogens is 267 g/mol. The Labute approximate surface area is 124 Å². The second kappa shape index (κ2) is 5.70. The summed E-state index contributed by atoms with van der Waals surface area (Å²) in [6.45, 7) is 0. The van der Waals surface area contributed by atoms with E-state index in [2.05, 4.69) is 0 Å². The van der Waals surface area contributed by atoms with Gasteiger partial charge in [-0.2, -0.15) is 0 Å². The smallest absolute Gasteiger partial charge is 0.163 e. The zero-order valence-electron chi connectivity index (χ0n) is 12.2. The first-order valence-corrected chi connectivity index (χ1v) is 7.91. The summed E-state index contributed by atoms with van der Waals surface area (Å²) in [5.74, 6) is 0.316. The van der Waals surface area contributed by atoms with E-state index in [4.69, 9.17) is 0 Å². The van der Waals surface area contributed by atoms with Gasteiger partial charge < -0.3 is 0 Å². The molecule has 0 amide bonds. The molecule has 0 saturated heterocycles. The van der Waals surface area contributed by atoms with Gasteiger partial charge in [0.1, 0.15) is 11.6 Å². The van der Waals surface area contributed by atoms with Gasteiger partial charge in [-0.1, -0.05) is 18.6 Å². The third-order valence-corrected chi connectivity index (χ3v) is 5.22. The van der Waals surface area contributed by atoms with Gasteiger partial charge in [0, 0.05) is 23.8 Å². The van der Waals surface area contributed by atoms with Crippen molar-refractivity contribution in [1.29, 1.82) is 0 Å². The molecule has 0 unspecified atom stereocenters. The monoisotopic (exact) mass is 288 g/mol. The van der Waals surface area contributed by atoms with E-state index < -0.39 is 0 Å². The number of carbonyl (C=O) groups is 2. The van der Waals surface area contributed by atoms with Gasteiger partial charge in [-0.3, -0.25) is 9.59 Å². The first-order chi connectivity index (χ1) is 10.1. The van der Waals surface area contributed by atoms with E-state index in [1.54, 1.807) is 12.1 Å². The van der Waals surface area contributed by atoms with Crippen LogP contribution in [0.25, 0.3) is 0 Å². The van der Waals surface area contributed by atoms with Gasteiger partial charge >= 0.3 is 0 Å². The molecule has 2 aliphatic carbocycles. The van der Waals surface area contributed by atoms with Crippen LogP contribution in [0.4, 0.5) is 4.39 Å². The molecule has 2 atom stereocenters. The van der Waals surface area contributed by atoms with Crippen LogP contribution in [0.1, 0.15) is 61.7 Å². The first kappa shape index (κ1) is 14.4. The van der Waals surface area contributed by atoms with Crippen molar-refractivity contribution >= 4 is 11.6 Å². The number of benzene rings is 1. The lowest BCUT2D eigenvalue weighted by Crippen LogP contribution is -2.33. The summed E-state index contributed by atoms with van der Waals surface area (Å²) < 4.78 is 13.2. The Hall–Kier alpha value is -1.51. The third-order valence-electron chi connectivity index (χ3n) is 5.22. The minimum atomic E-state index is -0.369. The molecule has 2 nitrogen and oxygen atoms in total. The molecule has 1 aromatic rings. The topological polar surface area (TPSA) is 34.1 Å². The molecule has 1 spiro atoms. The SMILES string of the molecule is O=C(C[C@H]1CCC[C@]2(CCCC2=O)C1)c1cccc(F)c1. The summed E-state index contributed by atoms with van der Waals surface area (Å²) >= 11 is 0. The van der Waals surface area contributed by atoms with Gasteiger partial charge in [-0.15, -0.1) is 0 Å². The summed E-state index contributed by atoms with van der Waals surface area (Å²) in [7, 11) is 0. The maximum absolute atomic E-state index is 13.2. The van der Waals surface area contributed by atoms with Crippen molar-refractivity contribution in [3.05, 3.63) is 35.6 Å². The lowest BCUT2D eigenvalue weighted by Gasteiger charge is -2.36. The summed E-state index contributed by atoms with van der Waals surface area (Å²) in [4.78, 5) is 24.5. The fraction of sp³-hybridized carbons (Fsp3) is 0.556. The average molecular weight is 288 g/mol. The largest absolute Gasteiger partial charge is 0.299 e. The molecule has 0 heterocycles. The van der Waals surface area contributed by atoms with Gasteiger partial charge in [0.15, 0.2) is 5.78 Å². The van der Waals surface area contributed by atoms with E-state index in [1.807, 2.05) is 0 Å². The Morgan fingerprint density at radius 3 is 2.81 bits per heavy atom. The number of halogens is 1. The van der Waals surface area contributed by atoms with Gasteiger partial charge in [0.05, 0.1) is 0 Å². The van der Waals surface area contributed by atoms with Crippen molar-refractivity contribution in [2.45, 2.75) is 51.4 Å². The highest BCUT2D eigenvalue weighted by Crippen LogP contribution is 2.49. The molecule has 0 N–H and O–H groups in total. The van der Waals surface area contributed by atoms with Crippen molar-refractivity contribution in [2.24, 2.45) is 11.3 Å². The number of Topliss-reactive ketones (excluding diaryl/α,β-unsaturated/α-hetero) is 2. The number of ketones is 2. The van der Waals surface area contributed by atoms with Gasteiger partial charge in [0.25, 0.3) is 0 Å². The zero-order chi connectivity index (χ0) is 14.9. The molecule has 2 fully saturated rings. The summed E-state index contributed by atoms with van der Waals surface area (Å²) in [5.41, 5.74) is 0.317. The zero-order valence-corrected chi connectivity index (χ0v) is 12.2. The molecule has 21 heavy (non-hydrogen) atoms. The normalized spacial score (nSPS) is 29.0. The molecule has 112 valence electrons. The van der Waals surface area contributed by atoms with E-state index in [1.165, 1.54) is 12.1 Å². The predicted octanol–water partition coefficient (Wildman–Crippen LogP) is 4.33. The highest BCUT2D eigenvalue weighted by molar-refractivity contribution is 5.96. The van der Waals surface area contributed by atoms with Crippen LogP contribution in [-0.4, -0.2) is 11.6 Å². The van der Waals surface area contributed by atoms with Crippen LogP contribution >= 0.6 is 0 Å². The maximum atomic E-state index is 13.2. The fourth-order valence-electron chi connectivity index (χ4n) is 4.17. The quantitative estimate of drug-likeness (QED) is 0.776. The Kier molecular flexibility index (Phi) is 3.92. The van der Waals surface area contributed by atoms with Crippen molar-refractivity contribution < 1.29 is 14.0 Å². The Balaban J connectivity index is 1.67. The number of hydrogen-bond donors (Lipinski definition) is 0. The summed E-state index contributed by atoms with van der Waals surface area (Å²) in [6.07, 6.45) is 7.05. The van der Waals surface area contributed by atoms with Crippen molar-refractivity contribution in [3.8, 4) is 0 Å². The molecule has 0 aromatic heterocycles. The van der Waals surface area contributed by atoms with E-state index in [0.717, 1.165) is 38.5 Å². The molecule has 0 radical (unpaired) electrons. The highest BCUT2D eigenvalue weighted by atomic mass is 19.1. The second-order valence-electron chi connectivity index (χ2n) is 6.66. The van der Waals surface area contributed by atoms with Crippen molar-refractivity contribution in [3.63, 3.8) is 0 Å². The average Bonchev–Trinajstić information content (AvgIpc) is 2.80. The van der Waals surface area contributed by atoms with Crippen molar-refractivity contribution in [1.82, 2.24) is 0 Å². The van der Waals surface area contributed by atoms with Gasteiger partial charge in [-0.05, 0) is 50.2 Å². The van der Waals surface area contributed by atoms with Crippen LogP contribution in [0.2, 0.25) is 0 Å². The minimum absolute atomic E-state index is 0.00185. The Morgan fingerprint density at radius 1 is 1.29 bits per heavy atom. The van der Waals surface area contributed by atoms with Crippen LogP contribution in [0.5, 0.6) is 0 Å². The lowest BCUT2D eigenvalue weighted by molar-refractivity contribution is -0.128. The molecule has 0 aliphatic heterocycles. The Morgan fingerprint density at radius 2 is 2.10 bits per heavy atom. The highest BCUT2D eigenvalue weighted by Gasteiger charge is 2.45. The predicted molar refractivity (Wildman–Crippen MR) is 78.6 cm³/mol. The Bertz CT molecular complexity index is 566. The van der Waals surface area contributed by atoms with Crippen LogP contribution < -0.4 is 0 Å². The van der Waals surface area contributed by atoms with E-state index in [9.17, 15) is 14.0 Å². The minimum Gasteiger partial charge on any atom is -0.299 e. The fourth-order valence-corrected chi connectivity index (χ4v) is 4.17. The number of carbonyl (C=O) groups excluding carboxylic acids is 2. The number of rotatable bonds is 3. The number of hydrogen-bond acceptors (Lipinski definition) is 2. The lowest BCUT2D eigenvalue weighted by atomic mass is 9.67. The van der Waals surface area contributed by atoms with Crippen LogP contribution in [-0.2, 0) is 4.79 Å². The van der Waals surface area contributed by atoms with Gasteiger partial charge in [0.2, 0.25) is 0 Å². The molecule has 2 aliphatic rings. The van der Waals surface area contributed by atoms with E-state index in [-0.39, 0.29) is 22.9 Å². The summed E-state index contributed by atoms with van der Waals surface area (Å²) in [6, 6.07) is 5.90.